The van der Waals surface area contributed by atoms with Crippen molar-refractivity contribution in [3.63, 3.8) is 0 Å². The molecule has 2 amide bonds. The molecule has 5 aliphatic rings. The Labute approximate surface area is 150 Å². The quantitative estimate of drug-likeness (QED) is 0.270. The number of allylic oxidation sites excluding steroid dienone is 2. The summed E-state index contributed by atoms with van der Waals surface area (Å²) in [6, 6.07) is 5.75. The molecular formula is C20H18N2O4. The van der Waals surface area contributed by atoms with Crippen molar-refractivity contribution >= 4 is 23.2 Å². The van der Waals surface area contributed by atoms with Gasteiger partial charge in [-0.2, -0.15) is 0 Å². The number of hydrogen-bond donors (Lipinski definition) is 0. The standard InChI is InChI=1S/C20H18N2O4/c23-19-17-13-8-14(16-10-2-1-9(7-10)15(13)16)18(17)20(24)21(19)11-3-5-12(6-4-11)22(25)26/h1-6,9-10,13-18H,7-8H2. The molecule has 1 saturated heterocycles. The summed E-state index contributed by atoms with van der Waals surface area (Å²) in [5, 5.41) is 10.8. The third kappa shape index (κ3) is 1.54. The molecule has 8 unspecified atom stereocenters. The Morgan fingerprint density at radius 3 is 1.92 bits per heavy atom. The molecule has 0 N–H and O–H groups in total. The predicted octanol–water partition coefficient (Wildman–Crippen LogP) is 2.79. The van der Waals surface area contributed by atoms with E-state index in [9.17, 15) is 19.7 Å². The van der Waals surface area contributed by atoms with Crippen molar-refractivity contribution in [2.45, 2.75) is 12.8 Å². The predicted molar refractivity (Wildman–Crippen MR) is 91.9 cm³/mol. The van der Waals surface area contributed by atoms with Crippen LogP contribution in [0.2, 0.25) is 0 Å². The van der Waals surface area contributed by atoms with Crippen molar-refractivity contribution in [3.05, 3.63) is 46.5 Å². The van der Waals surface area contributed by atoms with E-state index in [1.807, 2.05) is 0 Å². The van der Waals surface area contributed by atoms with Crippen molar-refractivity contribution in [3.8, 4) is 0 Å². The number of amides is 2. The van der Waals surface area contributed by atoms with Crippen molar-refractivity contribution in [2.75, 3.05) is 4.90 Å². The minimum absolute atomic E-state index is 0.0368. The first-order chi connectivity index (χ1) is 12.6. The normalized spacial score (nSPS) is 44.1. The summed E-state index contributed by atoms with van der Waals surface area (Å²) in [6.45, 7) is 0. The number of fused-ring (bicyclic) bond motifs is 12. The van der Waals surface area contributed by atoms with Crippen LogP contribution in [-0.2, 0) is 9.59 Å². The maximum Gasteiger partial charge on any atom is 0.269 e. The van der Waals surface area contributed by atoms with Crippen molar-refractivity contribution in [1.82, 2.24) is 0 Å². The van der Waals surface area contributed by atoms with Gasteiger partial charge in [-0.05, 0) is 60.5 Å². The van der Waals surface area contributed by atoms with Gasteiger partial charge in [0.1, 0.15) is 0 Å². The number of anilines is 1. The number of imide groups is 1. The lowest BCUT2D eigenvalue weighted by molar-refractivity contribution is -0.384. The Kier molecular flexibility index (Phi) is 2.60. The van der Waals surface area contributed by atoms with Gasteiger partial charge in [-0.15, -0.1) is 0 Å². The summed E-state index contributed by atoms with van der Waals surface area (Å²) in [7, 11) is 0. The van der Waals surface area contributed by atoms with Gasteiger partial charge in [-0.3, -0.25) is 24.6 Å². The first-order valence-corrected chi connectivity index (χ1v) is 9.37. The molecule has 1 aromatic carbocycles. The molecule has 6 rings (SSSR count). The number of carbonyl (C=O) groups is 2. The number of benzene rings is 1. The molecule has 4 fully saturated rings. The third-order valence-corrected chi connectivity index (χ3v) is 7.76. The molecular weight excluding hydrogens is 332 g/mol. The molecule has 0 radical (unpaired) electrons. The highest BCUT2D eigenvalue weighted by Gasteiger charge is 2.71. The number of nitro benzene ring substituents is 1. The summed E-state index contributed by atoms with van der Waals surface area (Å²) in [5.41, 5.74) is 0.427. The minimum atomic E-state index is -0.476. The number of nitro groups is 1. The van der Waals surface area contributed by atoms with Crippen LogP contribution in [0.25, 0.3) is 0 Å². The van der Waals surface area contributed by atoms with E-state index in [1.54, 1.807) is 0 Å². The molecule has 4 bridgehead atoms. The lowest BCUT2D eigenvalue weighted by Crippen LogP contribution is -2.38. The topological polar surface area (TPSA) is 80.5 Å². The van der Waals surface area contributed by atoms with Gasteiger partial charge in [0.05, 0.1) is 22.4 Å². The Bertz CT molecular complexity index is 850. The third-order valence-electron chi connectivity index (χ3n) is 7.76. The van der Waals surface area contributed by atoms with E-state index in [2.05, 4.69) is 12.2 Å². The zero-order chi connectivity index (χ0) is 17.7. The smallest absolute Gasteiger partial charge is 0.269 e. The largest absolute Gasteiger partial charge is 0.274 e. The van der Waals surface area contributed by atoms with Crippen LogP contribution in [0, 0.1) is 57.5 Å². The molecule has 0 aromatic heterocycles. The molecule has 0 spiro atoms. The Hall–Kier alpha value is -2.50. The summed E-state index contributed by atoms with van der Waals surface area (Å²) in [6.07, 6.45) is 6.88. The lowest BCUT2D eigenvalue weighted by Gasteiger charge is -2.36. The van der Waals surface area contributed by atoms with Gasteiger partial charge in [-0.1, -0.05) is 12.2 Å². The van der Waals surface area contributed by atoms with E-state index in [0.717, 1.165) is 6.42 Å². The van der Waals surface area contributed by atoms with Crippen LogP contribution in [-0.4, -0.2) is 16.7 Å². The molecule has 132 valence electrons. The number of rotatable bonds is 2. The molecule has 3 saturated carbocycles. The van der Waals surface area contributed by atoms with Crippen LogP contribution in [0.1, 0.15) is 12.8 Å². The van der Waals surface area contributed by atoms with E-state index < -0.39 is 4.92 Å². The SMILES string of the molecule is O=C1C2C3CC(C2C(=O)N1c1ccc([N+](=O)[O-])cc1)C1C2C=CC(C2)C31. The van der Waals surface area contributed by atoms with Gasteiger partial charge in [0, 0.05) is 12.1 Å². The maximum atomic E-state index is 13.2. The second kappa shape index (κ2) is 4.61. The Morgan fingerprint density at radius 2 is 1.42 bits per heavy atom. The maximum absolute atomic E-state index is 13.2. The highest BCUT2D eigenvalue weighted by molar-refractivity contribution is 6.22. The summed E-state index contributed by atoms with van der Waals surface area (Å²) in [5.74, 6) is 2.44. The molecule has 4 aliphatic carbocycles. The van der Waals surface area contributed by atoms with E-state index in [4.69, 9.17) is 0 Å². The summed E-state index contributed by atoms with van der Waals surface area (Å²) >= 11 is 0. The second-order valence-corrected chi connectivity index (χ2v) is 8.50. The number of carbonyl (C=O) groups excluding carboxylic acids is 2. The van der Waals surface area contributed by atoms with Gasteiger partial charge >= 0.3 is 0 Å². The van der Waals surface area contributed by atoms with Crippen molar-refractivity contribution in [2.24, 2.45) is 47.3 Å². The second-order valence-electron chi connectivity index (χ2n) is 8.50. The zero-order valence-corrected chi connectivity index (χ0v) is 14.0. The van der Waals surface area contributed by atoms with E-state index in [0.29, 0.717) is 41.2 Å². The minimum Gasteiger partial charge on any atom is -0.274 e. The van der Waals surface area contributed by atoms with Crippen molar-refractivity contribution < 1.29 is 14.5 Å². The fraction of sp³-hybridized carbons (Fsp3) is 0.500. The lowest BCUT2D eigenvalue weighted by atomic mass is 9.65. The van der Waals surface area contributed by atoms with Crippen molar-refractivity contribution in [1.29, 1.82) is 0 Å². The number of non-ortho nitro benzene ring substituents is 1. The first kappa shape index (κ1) is 14.6. The van der Waals surface area contributed by atoms with Crippen LogP contribution >= 0.6 is 0 Å². The van der Waals surface area contributed by atoms with Crippen LogP contribution in [0.4, 0.5) is 11.4 Å². The molecule has 1 heterocycles. The number of hydrogen-bond acceptors (Lipinski definition) is 4. The molecule has 26 heavy (non-hydrogen) atoms. The van der Waals surface area contributed by atoms with Crippen LogP contribution < -0.4 is 4.90 Å². The molecule has 6 heteroatoms. The van der Waals surface area contributed by atoms with E-state index in [1.165, 1.54) is 35.6 Å². The van der Waals surface area contributed by atoms with Crippen LogP contribution in [0.15, 0.2) is 36.4 Å². The molecule has 1 aliphatic heterocycles. The summed E-state index contributed by atoms with van der Waals surface area (Å²) in [4.78, 5) is 38.0. The van der Waals surface area contributed by atoms with Crippen LogP contribution in [0.5, 0.6) is 0 Å². The first-order valence-electron chi connectivity index (χ1n) is 9.37. The Balaban J connectivity index is 1.36. The zero-order valence-electron chi connectivity index (χ0n) is 14.0. The molecule has 6 nitrogen and oxygen atoms in total. The number of nitrogens with zero attached hydrogens (tertiary/aromatic N) is 2. The van der Waals surface area contributed by atoms with E-state index >= 15 is 0 Å². The van der Waals surface area contributed by atoms with Gasteiger partial charge in [0.2, 0.25) is 11.8 Å². The van der Waals surface area contributed by atoms with Gasteiger partial charge in [0.15, 0.2) is 0 Å². The average Bonchev–Trinajstić information content (AvgIpc) is 3.40. The van der Waals surface area contributed by atoms with Gasteiger partial charge in [0.25, 0.3) is 5.69 Å². The van der Waals surface area contributed by atoms with Gasteiger partial charge in [-0.25, -0.2) is 0 Å². The highest BCUT2D eigenvalue weighted by Crippen LogP contribution is 2.70. The Morgan fingerprint density at radius 1 is 0.885 bits per heavy atom. The van der Waals surface area contributed by atoms with E-state index in [-0.39, 0.29) is 29.3 Å². The molecule has 1 aromatic rings. The van der Waals surface area contributed by atoms with Gasteiger partial charge < -0.3 is 0 Å². The monoisotopic (exact) mass is 350 g/mol. The molecule has 8 atom stereocenters. The fourth-order valence-corrected chi connectivity index (χ4v) is 7.10. The highest BCUT2D eigenvalue weighted by atomic mass is 16.6. The van der Waals surface area contributed by atoms with Crippen LogP contribution in [0.3, 0.4) is 0 Å². The fourth-order valence-electron chi connectivity index (χ4n) is 7.10. The average molecular weight is 350 g/mol. The summed E-state index contributed by atoms with van der Waals surface area (Å²) < 4.78 is 0.